The van der Waals surface area contributed by atoms with E-state index in [9.17, 15) is 0 Å². The lowest BCUT2D eigenvalue weighted by molar-refractivity contribution is -0.0211. The highest BCUT2D eigenvalue weighted by molar-refractivity contribution is 5.24. The molecule has 0 aliphatic carbocycles. The van der Waals surface area contributed by atoms with Gasteiger partial charge in [0.2, 0.25) is 0 Å². The van der Waals surface area contributed by atoms with Crippen LogP contribution in [0.25, 0.3) is 0 Å². The van der Waals surface area contributed by atoms with Crippen molar-refractivity contribution in [3.63, 3.8) is 0 Å². The first-order chi connectivity index (χ1) is 9.56. The third-order valence-corrected chi connectivity index (χ3v) is 4.41. The second-order valence-electron chi connectivity index (χ2n) is 6.61. The van der Waals surface area contributed by atoms with Crippen LogP contribution >= 0.6 is 0 Å². The fraction of sp³-hybridized carbons (Fsp3) is 0.667. The molecule has 0 amide bonds. The summed E-state index contributed by atoms with van der Waals surface area (Å²) in [5.41, 5.74) is 1.39. The lowest BCUT2D eigenvalue weighted by atomic mass is 9.77. The summed E-state index contributed by atoms with van der Waals surface area (Å²) in [6.07, 6.45) is 0.567. The van der Waals surface area contributed by atoms with E-state index in [0.29, 0.717) is 23.7 Å². The van der Waals surface area contributed by atoms with E-state index in [1.54, 1.807) is 7.11 Å². The van der Waals surface area contributed by atoms with Gasteiger partial charge < -0.3 is 9.47 Å². The summed E-state index contributed by atoms with van der Waals surface area (Å²) in [5.74, 6) is 1.91. The second-order valence-corrected chi connectivity index (χ2v) is 6.61. The van der Waals surface area contributed by atoms with Crippen molar-refractivity contribution in [1.29, 1.82) is 0 Å². The Bertz CT molecular complexity index is 399. The highest BCUT2D eigenvalue weighted by atomic mass is 16.5. The molecule has 112 valence electrons. The van der Waals surface area contributed by atoms with Crippen molar-refractivity contribution in [2.75, 3.05) is 13.7 Å². The van der Waals surface area contributed by atoms with Crippen LogP contribution in [0.4, 0.5) is 0 Å². The zero-order chi connectivity index (χ0) is 14.7. The molecular weight excluding hydrogens is 248 g/mol. The first-order valence-electron chi connectivity index (χ1n) is 7.75. The molecule has 0 aromatic heterocycles. The smallest absolute Gasteiger partial charge is 0.0675 e. The van der Waals surface area contributed by atoms with Gasteiger partial charge in [-0.15, -0.1) is 0 Å². The van der Waals surface area contributed by atoms with E-state index in [4.69, 9.17) is 9.47 Å². The number of rotatable bonds is 5. The molecule has 4 unspecified atom stereocenters. The molecule has 0 saturated carbocycles. The molecule has 1 aromatic rings. The van der Waals surface area contributed by atoms with Crippen molar-refractivity contribution >= 4 is 0 Å². The average Bonchev–Trinajstić information content (AvgIpc) is 2.80. The fourth-order valence-electron chi connectivity index (χ4n) is 3.54. The van der Waals surface area contributed by atoms with Crippen molar-refractivity contribution in [3.05, 3.63) is 35.9 Å². The summed E-state index contributed by atoms with van der Waals surface area (Å²) in [4.78, 5) is 0. The van der Waals surface area contributed by atoms with Gasteiger partial charge >= 0.3 is 0 Å². The van der Waals surface area contributed by atoms with E-state index in [1.807, 2.05) is 0 Å². The second kappa shape index (κ2) is 6.73. The summed E-state index contributed by atoms with van der Waals surface area (Å²) in [7, 11) is 1.79. The van der Waals surface area contributed by atoms with Crippen LogP contribution in [0.1, 0.15) is 39.2 Å². The summed E-state index contributed by atoms with van der Waals surface area (Å²) in [6, 6.07) is 10.8. The maximum atomic E-state index is 6.44. The van der Waals surface area contributed by atoms with Crippen LogP contribution in [0.5, 0.6) is 0 Å². The predicted octanol–water partition coefficient (Wildman–Crippen LogP) is 4.11. The van der Waals surface area contributed by atoms with Gasteiger partial charge in [-0.3, -0.25) is 0 Å². The number of hydrogen-bond acceptors (Lipinski definition) is 2. The molecule has 0 N–H and O–H groups in total. The lowest BCUT2D eigenvalue weighted by Crippen LogP contribution is -2.28. The number of hydrogen-bond donors (Lipinski definition) is 0. The monoisotopic (exact) mass is 276 g/mol. The molecule has 1 aliphatic rings. The molecule has 0 spiro atoms. The fourth-order valence-corrected chi connectivity index (χ4v) is 3.54. The third-order valence-electron chi connectivity index (χ3n) is 4.41. The van der Waals surface area contributed by atoms with Gasteiger partial charge in [0.15, 0.2) is 0 Å². The summed E-state index contributed by atoms with van der Waals surface area (Å²) >= 11 is 0. The third kappa shape index (κ3) is 3.07. The normalized spacial score (nSPS) is 30.4. The minimum atomic E-state index is 0.282. The predicted molar refractivity (Wildman–Crippen MR) is 82.9 cm³/mol. The number of methoxy groups -OCH3 is 1. The summed E-state index contributed by atoms with van der Waals surface area (Å²) in [6.45, 7) is 9.78. The first kappa shape index (κ1) is 15.5. The zero-order valence-electron chi connectivity index (χ0n) is 13.4. The largest absolute Gasteiger partial charge is 0.384 e. The summed E-state index contributed by atoms with van der Waals surface area (Å²) < 4.78 is 11.9. The molecule has 2 rings (SSSR count). The Morgan fingerprint density at radius 1 is 1.00 bits per heavy atom. The van der Waals surface area contributed by atoms with Crippen LogP contribution < -0.4 is 0 Å². The van der Waals surface area contributed by atoms with E-state index in [0.717, 1.165) is 6.61 Å². The molecule has 20 heavy (non-hydrogen) atoms. The van der Waals surface area contributed by atoms with Gasteiger partial charge in [0.1, 0.15) is 0 Å². The standard InChI is InChI=1S/C18H28O2/c1-12(2)17-15(11-19-5)16(18(20-17)13(3)4)14-9-7-6-8-10-14/h6-10,12-13,15-18H,11H2,1-5H3. The first-order valence-corrected chi connectivity index (χ1v) is 7.75. The van der Waals surface area contributed by atoms with Crippen LogP contribution in [0, 0.1) is 17.8 Å². The molecule has 1 aliphatic heterocycles. The van der Waals surface area contributed by atoms with Crippen LogP contribution in [0.3, 0.4) is 0 Å². The van der Waals surface area contributed by atoms with Gasteiger partial charge in [0.05, 0.1) is 18.8 Å². The van der Waals surface area contributed by atoms with Crippen LogP contribution in [-0.4, -0.2) is 25.9 Å². The SMILES string of the molecule is COCC1C(C(C)C)OC(C(C)C)C1c1ccccc1. The van der Waals surface area contributed by atoms with Crippen molar-refractivity contribution in [1.82, 2.24) is 0 Å². The zero-order valence-corrected chi connectivity index (χ0v) is 13.4. The van der Waals surface area contributed by atoms with Crippen molar-refractivity contribution < 1.29 is 9.47 Å². The van der Waals surface area contributed by atoms with Gasteiger partial charge in [0, 0.05) is 18.9 Å². The van der Waals surface area contributed by atoms with Crippen LogP contribution in [0.2, 0.25) is 0 Å². The van der Waals surface area contributed by atoms with Crippen molar-refractivity contribution in [3.8, 4) is 0 Å². The number of ether oxygens (including phenoxy) is 2. The summed E-state index contributed by atoms with van der Waals surface area (Å²) in [5, 5.41) is 0. The van der Waals surface area contributed by atoms with E-state index >= 15 is 0 Å². The molecule has 0 radical (unpaired) electrons. The van der Waals surface area contributed by atoms with Gasteiger partial charge in [-0.1, -0.05) is 58.0 Å². The molecule has 0 bridgehead atoms. The molecule has 1 saturated heterocycles. The van der Waals surface area contributed by atoms with Crippen LogP contribution in [-0.2, 0) is 9.47 Å². The maximum absolute atomic E-state index is 6.44. The minimum Gasteiger partial charge on any atom is -0.384 e. The Kier molecular flexibility index (Phi) is 5.22. The molecular formula is C18H28O2. The van der Waals surface area contributed by atoms with Gasteiger partial charge in [-0.25, -0.2) is 0 Å². The van der Waals surface area contributed by atoms with E-state index in [-0.39, 0.29) is 12.2 Å². The van der Waals surface area contributed by atoms with Gasteiger partial charge in [-0.2, -0.15) is 0 Å². The topological polar surface area (TPSA) is 18.5 Å². The molecule has 1 aromatic carbocycles. The Morgan fingerprint density at radius 3 is 2.10 bits per heavy atom. The molecule has 4 atom stereocenters. The van der Waals surface area contributed by atoms with Crippen molar-refractivity contribution in [2.45, 2.75) is 45.8 Å². The lowest BCUT2D eigenvalue weighted by Gasteiger charge is -2.26. The Balaban J connectivity index is 2.35. The van der Waals surface area contributed by atoms with E-state index in [2.05, 4.69) is 58.0 Å². The quantitative estimate of drug-likeness (QED) is 0.805. The highest BCUT2D eigenvalue weighted by Gasteiger charge is 2.46. The Hall–Kier alpha value is -0.860. The average molecular weight is 276 g/mol. The molecule has 2 heteroatoms. The maximum Gasteiger partial charge on any atom is 0.0675 e. The van der Waals surface area contributed by atoms with Crippen LogP contribution in [0.15, 0.2) is 30.3 Å². The highest BCUT2D eigenvalue weighted by Crippen LogP contribution is 2.45. The van der Waals surface area contributed by atoms with E-state index < -0.39 is 0 Å². The molecule has 1 heterocycles. The van der Waals surface area contributed by atoms with E-state index in [1.165, 1.54) is 5.56 Å². The van der Waals surface area contributed by atoms with Gasteiger partial charge in [-0.05, 0) is 17.4 Å². The number of benzene rings is 1. The molecule has 1 fully saturated rings. The minimum absolute atomic E-state index is 0.282. The molecule has 2 nitrogen and oxygen atoms in total. The van der Waals surface area contributed by atoms with Crippen molar-refractivity contribution in [2.24, 2.45) is 17.8 Å². The Labute approximate surface area is 123 Å². The Morgan fingerprint density at radius 2 is 1.60 bits per heavy atom. The van der Waals surface area contributed by atoms with Gasteiger partial charge in [0.25, 0.3) is 0 Å².